The SMILES string of the molecule is Cc1ccc(C(=O)OCc2ccc(F)cc2)cc1C. The number of hydrogen-bond acceptors (Lipinski definition) is 2. The molecule has 0 fully saturated rings. The van der Waals surface area contributed by atoms with Gasteiger partial charge in [-0.3, -0.25) is 0 Å². The largest absolute Gasteiger partial charge is 0.457 e. The average Bonchev–Trinajstić information content (AvgIpc) is 2.41. The van der Waals surface area contributed by atoms with Gasteiger partial charge in [-0.15, -0.1) is 0 Å². The van der Waals surface area contributed by atoms with Gasteiger partial charge in [0.05, 0.1) is 5.56 Å². The molecular weight excluding hydrogens is 243 g/mol. The number of ether oxygens (including phenoxy) is 1. The molecule has 0 atom stereocenters. The molecule has 2 aromatic carbocycles. The molecule has 0 aromatic heterocycles. The number of esters is 1. The second-order valence-corrected chi connectivity index (χ2v) is 4.50. The molecule has 2 rings (SSSR count). The Morgan fingerprint density at radius 1 is 1.05 bits per heavy atom. The van der Waals surface area contributed by atoms with Crippen molar-refractivity contribution in [2.24, 2.45) is 0 Å². The maximum absolute atomic E-state index is 12.7. The van der Waals surface area contributed by atoms with Crippen molar-refractivity contribution >= 4 is 5.97 Å². The molecule has 0 spiro atoms. The second kappa shape index (κ2) is 5.65. The third-order valence-electron chi connectivity index (χ3n) is 3.03. The predicted octanol–water partition coefficient (Wildman–Crippen LogP) is 3.80. The van der Waals surface area contributed by atoms with Crippen LogP contribution in [0.5, 0.6) is 0 Å². The Morgan fingerprint density at radius 3 is 2.37 bits per heavy atom. The molecule has 2 nitrogen and oxygen atoms in total. The van der Waals surface area contributed by atoms with E-state index in [4.69, 9.17) is 4.74 Å². The summed E-state index contributed by atoms with van der Waals surface area (Å²) in [5, 5.41) is 0. The van der Waals surface area contributed by atoms with Crippen LogP contribution >= 0.6 is 0 Å². The average molecular weight is 258 g/mol. The molecule has 98 valence electrons. The third-order valence-corrected chi connectivity index (χ3v) is 3.03. The Kier molecular flexibility index (Phi) is 3.95. The molecule has 0 heterocycles. The number of benzene rings is 2. The van der Waals surface area contributed by atoms with Crippen molar-refractivity contribution in [2.75, 3.05) is 0 Å². The lowest BCUT2D eigenvalue weighted by molar-refractivity contribution is 0.0472. The minimum atomic E-state index is -0.368. The van der Waals surface area contributed by atoms with E-state index in [0.717, 1.165) is 16.7 Å². The van der Waals surface area contributed by atoms with Gasteiger partial charge in [0.1, 0.15) is 12.4 Å². The smallest absolute Gasteiger partial charge is 0.338 e. The highest BCUT2D eigenvalue weighted by Gasteiger charge is 2.08. The first-order valence-corrected chi connectivity index (χ1v) is 6.05. The lowest BCUT2D eigenvalue weighted by Gasteiger charge is -2.07. The Morgan fingerprint density at radius 2 is 1.74 bits per heavy atom. The molecule has 3 heteroatoms. The molecule has 19 heavy (non-hydrogen) atoms. The number of rotatable bonds is 3. The predicted molar refractivity (Wildman–Crippen MR) is 71.4 cm³/mol. The summed E-state index contributed by atoms with van der Waals surface area (Å²) in [6, 6.07) is 11.3. The first kappa shape index (κ1) is 13.3. The number of halogens is 1. The number of aryl methyl sites for hydroxylation is 2. The Labute approximate surface area is 111 Å². The van der Waals surface area contributed by atoms with E-state index in [1.807, 2.05) is 26.0 Å². The minimum absolute atomic E-state index is 0.145. The standard InChI is InChI=1S/C16H15FO2/c1-11-3-6-14(9-12(11)2)16(18)19-10-13-4-7-15(17)8-5-13/h3-9H,10H2,1-2H3. The highest BCUT2D eigenvalue weighted by Crippen LogP contribution is 2.12. The molecule has 0 bridgehead atoms. The van der Waals surface area contributed by atoms with Crippen LogP contribution in [0.3, 0.4) is 0 Å². The van der Waals surface area contributed by atoms with Gasteiger partial charge in [-0.05, 0) is 54.8 Å². The van der Waals surface area contributed by atoms with Crippen LogP contribution in [0.25, 0.3) is 0 Å². The van der Waals surface area contributed by atoms with E-state index in [0.29, 0.717) is 5.56 Å². The monoisotopic (exact) mass is 258 g/mol. The summed E-state index contributed by atoms with van der Waals surface area (Å²) in [5.41, 5.74) is 3.48. The second-order valence-electron chi connectivity index (χ2n) is 4.50. The van der Waals surface area contributed by atoms with E-state index in [9.17, 15) is 9.18 Å². The van der Waals surface area contributed by atoms with Crippen molar-refractivity contribution in [1.82, 2.24) is 0 Å². The summed E-state index contributed by atoms with van der Waals surface area (Å²) in [7, 11) is 0. The van der Waals surface area contributed by atoms with E-state index in [1.165, 1.54) is 12.1 Å². The van der Waals surface area contributed by atoms with Crippen LogP contribution in [0.2, 0.25) is 0 Å². The van der Waals surface area contributed by atoms with Crippen molar-refractivity contribution in [2.45, 2.75) is 20.5 Å². The summed E-state index contributed by atoms with van der Waals surface area (Å²) in [6.45, 7) is 4.08. The third kappa shape index (κ3) is 3.41. The highest BCUT2D eigenvalue weighted by atomic mass is 19.1. The van der Waals surface area contributed by atoms with Gasteiger partial charge in [0, 0.05) is 0 Å². The summed E-state index contributed by atoms with van der Waals surface area (Å²) < 4.78 is 17.9. The zero-order valence-electron chi connectivity index (χ0n) is 10.9. The molecule has 2 aromatic rings. The molecule has 0 aliphatic heterocycles. The summed E-state index contributed by atoms with van der Waals surface area (Å²) in [6.07, 6.45) is 0. The number of hydrogen-bond donors (Lipinski definition) is 0. The summed E-state index contributed by atoms with van der Waals surface area (Å²) >= 11 is 0. The lowest BCUT2D eigenvalue weighted by atomic mass is 10.1. The molecular formula is C16H15FO2. The van der Waals surface area contributed by atoms with Crippen LogP contribution in [-0.4, -0.2) is 5.97 Å². The van der Waals surface area contributed by atoms with Crippen molar-refractivity contribution in [3.8, 4) is 0 Å². The molecule has 0 N–H and O–H groups in total. The quantitative estimate of drug-likeness (QED) is 0.783. The molecule has 0 radical (unpaired) electrons. The van der Waals surface area contributed by atoms with Crippen LogP contribution in [0.15, 0.2) is 42.5 Å². The Balaban J connectivity index is 2.01. The molecule has 0 saturated carbocycles. The minimum Gasteiger partial charge on any atom is -0.457 e. The van der Waals surface area contributed by atoms with E-state index in [-0.39, 0.29) is 18.4 Å². The first-order chi connectivity index (χ1) is 9.06. The van der Waals surface area contributed by atoms with Gasteiger partial charge in [0.25, 0.3) is 0 Å². The number of carbonyl (C=O) groups excluding carboxylic acids is 1. The van der Waals surface area contributed by atoms with E-state index in [2.05, 4.69) is 0 Å². The van der Waals surface area contributed by atoms with Gasteiger partial charge in [-0.25, -0.2) is 9.18 Å². The Bertz CT molecular complexity index is 588. The van der Waals surface area contributed by atoms with Gasteiger partial charge >= 0.3 is 5.97 Å². The first-order valence-electron chi connectivity index (χ1n) is 6.05. The zero-order chi connectivity index (χ0) is 13.8. The van der Waals surface area contributed by atoms with Crippen molar-refractivity contribution in [3.05, 3.63) is 70.5 Å². The van der Waals surface area contributed by atoms with Gasteiger partial charge < -0.3 is 4.74 Å². The normalized spacial score (nSPS) is 10.3. The van der Waals surface area contributed by atoms with Gasteiger partial charge in [0.2, 0.25) is 0 Å². The van der Waals surface area contributed by atoms with Crippen LogP contribution in [0.4, 0.5) is 4.39 Å². The fourth-order valence-corrected chi connectivity index (χ4v) is 1.68. The van der Waals surface area contributed by atoms with Crippen LogP contribution < -0.4 is 0 Å². The van der Waals surface area contributed by atoms with Gasteiger partial charge in [-0.1, -0.05) is 18.2 Å². The zero-order valence-corrected chi connectivity index (χ0v) is 10.9. The van der Waals surface area contributed by atoms with Crippen LogP contribution in [-0.2, 0) is 11.3 Å². The fraction of sp³-hybridized carbons (Fsp3) is 0.188. The Hall–Kier alpha value is -2.16. The maximum Gasteiger partial charge on any atom is 0.338 e. The summed E-state index contributed by atoms with van der Waals surface area (Å²) in [4.78, 5) is 11.9. The molecule has 0 saturated heterocycles. The molecule has 0 amide bonds. The van der Waals surface area contributed by atoms with Crippen molar-refractivity contribution < 1.29 is 13.9 Å². The lowest BCUT2D eigenvalue weighted by Crippen LogP contribution is -2.05. The highest BCUT2D eigenvalue weighted by molar-refractivity contribution is 5.89. The summed E-state index contributed by atoms with van der Waals surface area (Å²) in [5.74, 6) is -0.670. The molecule has 0 unspecified atom stereocenters. The number of carbonyl (C=O) groups is 1. The van der Waals surface area contributed by atoms with E-state index in [1.54, 1.807) is 18.2 Å². The van der Waals surface area contributed by atoms with Crippen LogP contribution in [0.1, 0.15) is 27.0 Å². The van der Waals surface area contributed by atoms with Crippen molar-refractivity contribution in [3.63, 3.8) is 0 Å². The maximum atomic E-state index is 12.7. The molecule has 0 aliphatic carbocycles. The fourth-order valence-electron chi connectivity index (χ4n) is 1.68. The molecule has 0 aliphatic rings. The van der Waals surface area contributed by atoms with E-state index >= 15 is 0 Å². The van der Waals surface area contributed by atoms with Gasteiger partial charge in [0.15, 0.2) is 0 Å². The van der Waals surface area contributed by atoms with E-state index < -0.39 is 0 Å². The topological polar surface area (TPSA) is 26.3 Å². The van der Waals surface area contributed by atoms with Crippen molar-refractivity contribution in [1.29, 1.82) is 0 Å². The van der Waals surface area contributed by atoms with Crippen LogP contribution in [0, 0.1) is 19.7 Å². The van der Waals surface area contributed by atoms with Gasteiger partial charge in [-0.2, -0.15) is 0 Å².